The largest absolute Gasteiger partial charge is 0.488 e. The summed E-state index contributed by atoms with van der Waals surface area (Å²) in [5.74, 6) is -0.223. The number of pyridine rings is 1. The number of aromatic nitrogens is 2. The molecule has 9 heteroatoms. The first-order valence-electron chi connectivity index (χ1n) is 8.94. The predicted octanol–water partition coefficient (Wildman–Crippen LogP) is 4.69. The van der Waals surface area contributed by atoms with E-state index in [1.807, 2.05) is 28.8 Å². The highest BCUT2D eigenvalue weighted by Gasteiger charge is 2.33. The summed E-state index contributed by atoms with van der Waals surface area (Å²) in [5, 5.41) is 0. The van der Waals surface area contributed by atoms with E-state index in [0.29, 0.717) is 10.6 Å². The Labute approximate surface area is 173 Å². The van der Waals surface area contributed by atoms with Crippen molar-refractivity contribution in [3.8, 4) is 16.3 Å². The number of rotatable bonds is 6. The highest BCUT2D eigenvalue weighted by Crippen LogP contribution is 2.38. The van der Waals surface area contributed by atoms with Gasteiger partial charge in [0.2, 0.25) is 5.91 Å². The second-order valence-corrected chi connectivity index (χ2v) is 7.69. The normalized spacial score (nSPS) is 11.7. The molecule has 30 heavy (non-hydrogen) atoms. The topological polar surface area (TPSA) is 69.6 Å². The van der Waals surface area contributed by atoms with Gasteiger partial charge in [0.25, 0.3) is 0 Å². The number of primary amides is 1. The number of fused-ring (bicyclic) bond motifs is 1. The number of carbonyl (C=O) groups excluding carboxylic acids is 1. The molecular formula is C21H16F3N3O2S. The Morgan fingerprint density at radius 1 is 1.17 bits per heavy atom. The SMILES string of the molecule is NC(=O)Cc1sc(-c2cnc3ccccn23)cc1OCc1ccccc1C(F)(F)F. The molecular weight excluding hydrogens is 415 g/mol. The van der Waals surface area contributed by atoms with Crippen molar-refractivity contribution in [1.82, 2.24) is 9.38 Å². The molecule has 0 saturated heterocycles. The Hall–Kier alpha value is -3.33. The second kappa shape index (κ2) is 7.83. The molecule has 1 aromatic carbocycles. The molecule has 0 unspecified atom stereocenters. The zero-order valence-electron chi connectivity index (χ0n) is 15.5. The first-order chi connectivity index (χ1) is 14.3. The van der Waals surface area contributed by atoms with E-state index in [0.717, 1.165) is 22.3 Å². The summed E-state index contributed by atoms with van der Waals surface area (Å²) in [6.07, 6.45) is -1.01. The van der Waals surface area contributed by atoms with E-state index in [9.17, 15) is 18.0 Å². The van der Waals surface area contributed by atoms with Crippen LogP contribution in [0.15, 0.2) is 60.9 Å². The zero-order chi connectivity index (χ0) is 21.3. The van der Waals surface area contributed by atoms with E-state index in [1.165, 1.54) is 29.5 Å². The van der Waals surface area contributed by atoms with Gasteiger partial charge >= 0.3 is 6.18 Å². The van der Waals surface area contributed by atoms with Crippen molar-refractivity contribution < 1.29 is 22.7 Å². The maximum Gasteiger partial charge on any atom is 0.416 e. The maximum atomic E-state index is 13.2. The van der Waals surface area contributed by atoms with E-state index >= 15 is 0 Å². The number of thiophene rings is 1. The number of ether oxygens (including phenoxy) is 1. The monoisotopic (exact) mass is 431 g/mol. The van der Waals surface area contributed by atoms with E-state index in [1.54, 1.807) is 12.3 Å². The molecule has 0 aliphatic heterocycles. The fraction of sp³-hybridized carbons (Fsp3) is 0.143. The van der Waals surface area contributed by atoms with Crippen LogP contribution in [0.25, 0.3) is 16.2 Å². The molecule has 0 aliphatic carbocycles. The molecule has 4 rings (SSSR count). The standard InChI is InChI=1S/C21H16F3N3O2S/c22-21(23,24)14-6-2-1-5-13(14)12-29-16-9-17(30-18(16)10-19(25)28)15-11-26-20-7-3-4-8-27(15)20/h1-9,11H,10,12H2,(H2,25,28). The van der Waals surface area contributed by atoms with E-state index in [4.69, 9.17) is 10.5 Å². The smallest absolute Gasteiger partial charge is 0.416 e. The second-order valence-electron chi connectivity index (χ2n) is 6.56. The van der Waals surface area contributed by atoms with Gasteiger partial charge in [0, 0.05) is 17.8 Å². The minimum absolute atomic E-state index is 0.0116. The quantitative estimate of drug-likeness (QED) is 0.482. The molecule has 0 fully saturated rings. The number of halogens is 3. The lowest BCUT2D eigenvalue weighted by atomic mass is 10.1. The molecule has 0 bridgehead atoms. The van der Waals surface area contributed by atoms with Gasteiger partial charge in [-0.3, -0.25) is 9.20 Å². The third-order valence-electron chi connectivity index (χ3n) is 4.48. The minimum Gasteiger partial charge on any atom is -0.488 e. The van der Waals surface area contributed by atoms with Gasteiger partial charge in [0.1, 0.15) is 18.0 Å². The average Bonchev–Trinajstić information content (AvgIpc) is 3.29. The molecule has 0 atom stereocenters. The Morgan fingerprint density at radius 2 is 1.93 bits per heavy atom. The molecule has 0 aliphatic rings. The van der Waals surface area contributed by atoms with Crippen LogP contribution in [-0.4, -0.2) is 15.3 Å². The number of imidazole rings is 1. The Balaban J connectivity index is 1.67. The molecule has 0 spiro atoms. The molecule has 3 aromatic heterocycles. The van der Waals surface area contributed by atoms with Gasteiger partial charge in [-0.1, -0.05) is 24.3 Å². The third-order valence-corrected chi connectivity index (χ3v) is 5.62. The summed E-state index contributed by atoms with van der Waals surface area (Å²) >= 11 is 1.30. The van der Waals surface area contributed by atoms with Crippen molar-refractivity contribution in [2.75, 3.05) is 0 Å². The number of hydrogen-bond donors (Lipinski definition) is 1. The van der Waals surface area contributed by atoms with Crippen LogP contribution in [0, 0.1) is 0 Å². The number of alkyl halides is 3. The average molecular weight is 431 g/mol. The van der Waals surface area contributed by atoms with E-state index in [2.05, 4.69) is 4.98 Å². The highest BCUT2D eigenvalue weighted by atomic mass is 32.1. The summed E-state index contributed by atoms with van der Waals surface area (Å²) in [6, 6.07) is 12.5. The third kappa shape index (κ3) is 4.02. The molecule has 1 amide bonds. The Kier molecular flexibility index (Phi) is 5.21. The molecule has 0 radical (unpaired) electrons. The van der Waals surface area contributed by atoms with Gasteiger partial charge in [0.05, 0.1) is 33.6 Å². The van der Waals surface area contributed by atoms with Crippen LogP contribution in [0.1, 0.15) is 16.0 Å². The maximum absolute atomic E-state index is 13.2. The van der Waals surface area contributed by atoms with Crippen LogP contribution in [0.5, 0.6) is 5.75 Å². The van der Waals surface area contributed by atoms with Crippen LogP contribution >= 0.6 is 11.3 Å². The number of amides is 1. The van der Waals surface area contributed by atoms with Crippen molar-refractivity contribution in [1.29, 1.82) is 0 Å². The number of hydrogen-bond acceptors (Lipinski definition) is 4. The van der Waals surface area contributed by atoms with Gasteiger partial charge in [-0.2, -0.15) is 13.2 Å². The number of nitrogens with two attached hydrogens (primary N) is 1. The minimum atomic E-state index is -4.48. The number of nitrogens with zero attached hydrogens (tertiary/aromatic N) is 2. The van der Waals surface area contributed by atoms with Crippen LogP contribution in [0.2, 0.25) is 0 Å². The zero-order valence-corrected chi connectivity index (χ0v) is 16.3. The number of benzene rings is 1. The van der Waals surface area contributed by atoms with Gasteiger partial charge in [-0.15, -0.1) is 11.3 Å². The van der Waals surface area contributed by atoms with Crippen molar-refractivity contribution in [2.45, 2.75) is 19.2 Å². The fourth-order valence-corrected chi connectivity index (χ4v) is 4.25. The van der Waals surface area contributed by atoms with Crippen LogP contribution in [0.3, 0.4) is 0 Å². The van der Waals surface area contributed by atoms with Crippen molar-refractivity contribution in [2.24, 2.45) is 5.73 Å². The summed E-state index contributed by atoms with van der Waals surface area (Å²) in [5.41, 5.74) is 6.14. The molecule has 154 valence electrons. The first kappa shape index (κ1) is 20.0. The van der Waals surface area contributed by atoms with Gasteiger partial charge in [-0.25, -0.2) is 4.98 Å². The predicted molar refractivity (Wildman–Crippen MR) is 107 cm³/mol. The fourth-order valence-electron chi connectivity index (χ4n) is 3.13. The van der Waals surface area contributed by atoms with Gasteiger partial charge in [0.15, 0.2) is 0 Å². The lowest BCUT2D eigenvalue weighted by Crippen LogP contribution is -2.14. The first-order valence-corrected chi connectivity index (χ1v) is 9.76. The van der Waals surface area contributed by atoms with E-state index < -0.39 is 17.6 Å². The molecule has 5 nitrogen and oxygen atoms in total. The van der Waals surface area contributed by atoms with Crippen LogP contribution in [-0.2, 0) is 24.0 Å². The summed E-state index contributed by atoms with van der Waals surface area (Å²) in [4.78, 5) is 17.2. The lowest BCUT2D eigenvalue weighted by Gasteiger charge is -2.13. The van der Waals surface area contributed by atoms with Gasteiger partial charge < -0.3 is 10.5 Å². The molecule has 0 saturated carbocycles. The molecule has 3 heterocycles. The molecule has 4 aromatic rings. The summed E-state index contributed by atoms with van der Waals surface area (Å²) in [6.45, 7) is -0.287. The lowest BCUT2D eigenvalue weighted by molar-refractivity contribution is -0.138. The highest BCUT2D eigenvalue weighted by molar-refractivity contribution is 7.15. The molecule has 2 N–H and O–H groups in total. The van der Waals surface area contributed by atoms with E-state index in [-0.39, 0.29) is 18.6 Å². The Morgan fingerprint density at radius 3 is 2.70 bits per heavy atom. The van der Waals surface area contributed by atoms with Gasteiger partial charge in [-0.05, 0) is 18.2 Å². The van der Waals surface area contributed by atoms with Crippen molar-refractivity contribution in [3.63, 3.8) is 0 Å². The van der Waals surface area contributed by atoms with Crippen molar-refractivity contribution >= 4 is 22.9 Å². The van der Waals surface area contributed by atoms with Crippen LogP contribution < -0.4 is 10.5 Å². The van der Waals surface area contributed by atoms with Crippen LogP contribution in [0.4, 0.5) is 13.2 Å². The number of carbonyl (C=O) groups is 1. The Bertz CT molecular complexity index is 1210. The summed E-state index contributed by atoms with van der Waals surface area (Å²) < 4.78 is 47.3. The summed E-state index contributed by atoms with van der Waals surface area (Å²) in [7, 11) is 0. The van der Waals surface area contributed by atoms with Crippen molar-refractivity contribution in [3.05, 3.63) is 76.9 Å².